The molecule has 0 spiro atoms. The average molecular weight is 209 g/mol. The number of aliphatic hydroxyl groups is 1. The largest absolute Gasteiger partial charge is 0.394 e. The van der Waals surface area contributed by atoms with Crippen molar-refractivity contribution in [1.29, 1.82) is 0 Å². The molecule has 0 aliphatic rings. The number of pyridine rings is 1. The molecule has 1 aromatic heterocycles. The molecular weight excluding hydrogens is 190 g/mol. The maximum absolute atomic E-state index is 8.97. The molecular formula is C11H19N3O. The van der Waals surface area contributed by atoms with Crippen molar-refractivity contribution >= 4 is 5.82 Å². The minimum Gasteiger partial charge on any atom is -0.394 e. The number of aromatic nitrogens is 1. The Bertz CT molecular complexity index is 300. The Labute approximate surface area is 90.7 Å². The lowest BCUT2D eigenvalue weighted by Gasteiger charge is -2.20. The Kier molecular flexibility index (Phi) is 4.52. The van der Waals surface area contributed by atoms with Gasteiger partial charge in [-0.15, -0.1) is 0 Å². The van der Waals surface area contributed by atoms with Crippen molar-refractivity contribution < 1.29 is 5.11 Å². The van der Waals surface area contributed by atoms with Gasteiger partial charge in [-0.25, -0.2) is 4.98 Å². The van der Waals surface area contributed by atoms with Crippen molar-refractivity contribution in [3.05, 3.63) is 23.9 Å². The van der Waals surface area contributed by atoms with Gasteiger partial charge in [0.25, 0.3) is 0 Å². The summed E-state index contributed by atoms with van der Waals surface area (Å²) >= 11 is 0. The normalized spacial score (nSPS) is 12.5. The Morgan fingerprint density at radius 2 is 2.13 bits per heavy atom. The number of hydrogen-bond acceptors (Lipinski definition) is 4. The van der Waals surface area contributed by atoms with Gasteiger partial charge in [0.2, 0.25) is 0 Å². The van der Waals surface area contributed by atoms with Crippen LogP contribution in [0.2, 0.25) is 0 Å². The second kappa shape index (κ2) is 5.68. The maximum Gasteiger partial charge on any atom is 0.128 e. The van der Waals surface area contributed by atoms with Crippen molar-refractivity contribution in [3.63, 3.8) is 0 Å². The quantitative estimate of drug-likeness (QED) is 0.757. The number of hydrogen-bond donors (Lipinski definition) is 2. The first-order valence-electron chi connectivity index (χ1n) is 5.30. The van der Waals surface area contributed by atoms with Crippen LogP contribution in [0, 0.1) is 0 Å². The highest BCUT2D eigenvalue weighted by molar-refractivity contribution is 5.41. The molecule has 0 aliphatic heterocycles. The molecule has 1 heterocycles. The number of rotatable bonds is 5. The molecule has 0 aliphatic carbocycles. The number of nitrogens with two attached hydrogens (primary N) is 1. The van der Waals surface area contributed by atoms with Crippen LogP contribution < -0.4 is 10.6 Å². The van der Waals surface area contributed by atoms with Crippen LogP contribution in [0.3, 0.4) is 0 Å². The van der Waals surface area contributed by atoms with Gasteiger partial charge in [0, 0.05) is 19.3 Å². The predicted octanol–water partition coefficient (Wildman–Crippen LogP) is 0.920. The van der Waals surface area contributed by atoms with Gasteiger partial charge in [-0.3, -0.25) is 0 Å². The summed E-state index contributed by atoms with van der Waals surface area (Å²) in [5, 5.41) is 8.97. The highest BCUT2D eigenvalue weighted by Crippen LogP contribution is 2.16. The maximum atomic E-state index is 8.97. The molecule has 0 radical (unpaired) electrons. The fourth-order valence-electron chi connectivity index (χ4n) is 1.49. The Hall–Kier alpha value is -1.13. The van der Waals surface area contributed by atoms with Gasteiger partial charge < -0.3 is 15.7 Å². The first kappa shape index (κ1) is 11.9. The van der Waals surface area contributed by atoms with Gasteiger partial charge in [0.05, 0.1) is 12.6 Å². The average Bonchev–Trinajstić information content (AvgIpc) is 2.30. The van der Waals surface area contributed by atoms with E-state index in [1.165, 1.54) is 0 Å². The minimum atomic E-state index is -0.317. The minimum absolute atomic E-state index is 0.0400. The lowest BCUT2D eigenvalue weighted by Crippen LogP contribution is -2.23. The van der Waals surface area contributed by atoms with Crippen molar-refractivity contribution in [2.75, 3.05) is 24.6 Å². The fourth-order valence-corrected chi connectivity index (χ4v) is 1.49. The molecule has 84 valence electrons. The van der Waals surface area contributed by atoms with Crippen LogP contribution in [-0.2, 0) is 0 Å². The Morgan fingerprint density at radius 3 is 2.67 bits per heavy atom. The molecule has 1 aromatic rings. The molecule has 4 nitrogen and oxygen atoms in total. The van der Waals surface area contributed by atoms with E-state index in [1.54, 1.807) is 6.20 Å². The van der Waals surface area contributed by atoms with Crippen molar-refractivity contribution in [2.24, 2.45) is 5.73 Å². The molecule has 0 fully saturated rings. The van der Waals surface area contributed by atoms with Crippen molar-refractivity contribution in [1.82, 2.24) is 4.98 Å². The molecule has 4 heteroatoms. The summed E-state index contributed by atoms with van der Waals surface area (Å²) in [6.45, 7) is 5.97. The topological polar surface area (TPSA) is 62.4 Å². The van der Waals surface area contributed by atoms with Gasteiger partial charge in [0.1, 0.15) is 5.82 Å². The van der Waals surface area contributed by atoms with Gasteiger partial charge in [-0.1, -0.05) is 0 Å². The third-order valence-corrected chi connectivity index (χ3v) is 2.48. The molecule has 15 heavy (non-hydrogen) atoms. The van der Waals surface area contributed by atoms with Crippen LogP contribution in [0.15, 0.2) is 18.3 Å². The lowest BCUT2D eigenvalue weighted by molar-refractivity contribution is 0.268. The molecule has 1 unspecified atom stereocenters. The first-order chi connectivity index (χ1) is 7.22. The van der Waals surface area contributed by atoms with Crippen molar-refractivity contribution in [2.45, 2.75) is 19.9 Å². The van der Waals surface area contributed by atoms with Crippen LogP contribution in [-0.4, -0.2) is 29.8 Å². The first-order valence-corrected chi connectivity index (χ1v) is 5.30. The standard InChI is InChI=1S/C11H19N3O/c1-3-14(4-2)11-7-9(5-6-13-11)10(12)8-15/h5-7,10,15H,3-4,8,12H2,1-2H3. The lowest BCUT2D eigenvalue weighted by atomic mass is 10.1. The van der Waals surface area contributed by atoms with Crippen LogP contribution in [0.4, 0.5) is 5.82 Å². The SMILES string of the molecule is CCN(CC)c1cc(C(N)CO)ccn1. The second-order valence-electron chi connectivity index (χ2n) is 3.41. The van der Waals surface area contributed by atoms with Crippen molar-refractivity contribution in [3.8, 4) is 0 Å². The van der Waals surface area contributed by atoms with E-state index in [2.05, 4.69) is 23.7 Å². The van der Waals surface area contributed by atoms with Gasteiger partial charge >= 0.3 is 0 Å². The molecule has 0 aromatic carbocycles. The van der Waals surface area contributed by atoms with Crippen LogP contribution in [0.5, 0.6) is 0 Å². The van der Waals surface area contributed by atoms with E-state index in [9.17, 15) is 0 Å². The summed E-state index contributed by atoms with van der Waals surface area (Å²) in [6.07, 6.45) is 1.73. The molecule has 3 N–H and O–H groups in total. The molecule has 0 amide bonds. The van der Waals surface area contributed by atoms with E-state index < -0.39 is 0 Å². The summed E-state index contributed by atoms with van der Waals surface area (Å²) < 4.78 is 0. The second-order valence-corrected chi connectivity index (χ2v) is 3.41. The molecule has 1 rings (SSSR count). The zero-order valence-corrected chi connectivity index (χ0v) is 9.35. The third kappa shape index (κ3) is 2.91. The van der Waals surface area contributed by atoms with Gasteiger partial charge in [-0.05, 0) is 31.5 Å². The highest BCUT2D eigenvalue weighted by Gasteiger charge is 2.08. The summed E-state index contributed by atoms with van der Waals surface area (Å²) in [7, 11) is 0. The van der Waals surface area contributed by atoms with Gasteiger partial charge in [-0.2, -0.15) is 0 Å². The van der Waals surface area contributed by atoms with E-state index in [1.807, 2.05) is 12.1 Å². The van der Waals surface area contributed by atoms with Crippen LogP contribution in [0.1, 0.15) is 25.5 Å². The number of nitrogens with zero attached hydrogens (tertiary/aromatic N) is 2. The van der Waals surface area contributed by atoms with Crippen LogP contribution >= 0.6 is 0 Å². The van der Waals surface area contributed by atoms with E-state index in [-0.39, 0.29) is 12.6 Å². The smallest absolute Gasteiger partial charge is 0.128 e. The molecule has 1 atom stereocenters. The molecule has 0 saturated heterocycles. The Morgan fingerprint density at radius 1 is 1.47 bits per heavy atom. The van der Waals surface area contributed by atoms with E-state index in [0.29, 0.717) is 0 Å². The number of anilines is 1. The molecule has 0 saturated carbocycles. The Balaban J connectivity index is 2.91. The molecule has 0 bridgehead atoms. The highest BCUT2D eigenvalue weighted by atomic mass is 16.3. The fraction of sp³-hybridized carbons (Fsp3) is 0.545. The summed E-state index contributed by atoms with van der Waals surface area (Å²) in [5.74, 6) is 0.918. The summed E-state index contributed by atoms with van der Waals surface area (Å²) in [6, 6.07) is 3.46. The van der Waals surface area contributed by atoms with E-state index >= 15 is 0 Å². The zero-order valence-electron chi connectivity index (χ0n) is 9.35. The number of aliphatic hydroxyl groups excluding tert-OH is 1. The zero-order chi connectivity index (χ0) is 11.3. The monoisotopic (exact) mass is 209 g/mol. The summed E-state index contributed by atoms with van der Waals surface area (Å²) in [5.41, 5.74) is 6.68. The van der Waals surface area contributed by atoms with E-state index in [0.717, 1.165) is 24.5 Å². The van der Waals surface area contributed by atoms with Gasteiger partial charge in [0.15, 0.2) is 0 Å². The third-order valence-electron chi connectivity index (χ3n) is 2.48. The summed E-state index contributed by atoms with van der Waals surface area (Å²) in [4.78, 5) is 6.43. The van der Waals surface area contributed by atoms with E-state index in [4.69, 9.17) is 10.8 Å². The van der Waals surface area contributed by atoms with Crippen LogP contribution in [0.25, 0.3) is 0 Å². The predicted molar refractivity (Wildman–Crippen MR) is 61.8 cm³/mol.